The predicted molar refractivity (Wildman–Crippen MR) is 140 cm³/mol. The number of allylic oxidation sites excluding steroid dienone is 3. The lowest BCUT2D eigenvalue weighted by Crippen LogP contribution is -2.30. The summed E-state index contributed by atoms with van der Waals surface area (Å²) in [4.78, 5) is 23.0. The molecule has 2 aromatic heterocycles. The van der Waals surface area contributed by atoms with E-state index in [4.69, 9.17) is 4.74 Å². The standard InChI is InChI=1S/C28H27N5O2/c1-28(2,3)35-27(34)33-13-5-6-21(10-15-33)31-22-17-23(26-24(18-22)29-11-12-30-26)20-8-7-19-9-14-32(4)25(19)16-20/h5-18,31H,1-4H3. The summed E-state index contributed by atoms with van der Waals surface area (Å²) in [6.07, 6.45) is 13.9. The van der Waals surface area contributed by atoms with Crippen LogP contribution in [-0.2, 0) is 11.8 Å². The molecule has 0 spiro atoms. The van der Waals surface area contributed by atoms with E-state index in [0.717, 1.165) is 39.1 Å². The Balaban J connectivity index is 1.47. The molecule has 4 aromatic rings. The molecular formula is C28H27N5O2. The summed E-state index contributed by atoms with van der Waals surface area (Å²) in [5.74, 6) is 0. The SMILES string of the molecule is Cn1ccc2ccc(-c3cc(NC4=CC=CN(C(=O)OC(C)(C)C)C=C4)cc4nccnc34)cc21. The number of amides is 1. The second-order valence-electron chi connectivity index (χ2n) is 9.44. The first-order valence-corrected chi connectivity index (χ1v) is 11.4. The summed E-state index contributed by atoms with van der Waals surface area (Å²) in [6, 6.07) is 12.6. The second-order valence-corrected chi connectivity index (χ2v) is 9.44. The first-order chi connectivity index (χ1) is 16.8. The van der Waals surface area contributed by atoms with Crippen molar-refractivity contribution in [1.82, 2.24) is 19.4 Å². The molecule has 5 rings (SSSR count). The molecule has 7 heteroatoms. The fraction of sp³-hybridized carbons (Fsp3) is 0.179. The van der Waals surface area contributed by atoms with Crippen molar-refractivity contribution in [2.75, 3.05) is 5.32 Å². The highest BCUT2D eigenvalue weighted by atomic mass is 16.6. The topological polar surface area (TPSA) is 72.3 Å². The number of anilines is 1. The van der Waals surface area contributed by atoms with Crippen LogP contribution in [-0.4, -0.2) is 31.1 Å². The Bertz CT molecular complexity index is 1520. The third-order valence-corrected chi connectivity index (χ3v) is 5.60. The van der Waals surface area contributed by atoms with Gasteiger partial charge in [0.2, 0.25) is 0 Å². The number of fused-ring (bicyclic) bond motifs is 2. The largest absolute Gasteiger partial charge is 0.443 e. The molecule has 1 aliphatic heterocycles. The van der Waals surface area contributed by atoms with E-state index in [0.29, 0.717) is 0 Å². The van der Waals surface area contributed by atoms with Crippen LogP contribution in [0.1, 0.15) is 20.8 Å². The van der Waals surface area contributed by atoms with E-state index in [1.807, 2.05) is 46.0 Å². The lowest BCUT2D eigenvalue weighted by Gasteiger charge is -2.22. The maximum absolute atomic E-state index is 12.4. The van der Waals surface area contributed by atoms with Gasteiger partial charge in [-0.1, -0.05) is 12.1 Å². The van der Waals surface area contributed by atoms with Crippen LogP contribution in [0.5, 0.6) is 0 Å². The number of benzene rings is 2. The van der Waals surface area contributed by atoms with Crippen molar-refractivity contribution in [3.63, 3.8) is 0 Å². The number of aromatic nitrogens is 3. The van der Waals surface area contributed by atoms with E-state index in [9.17, 15) is 4.79 Å². The van der Waals surface area contributed by atoms with E-state index in [1.165, 1.54) is 10.3 Å². The number of nitrogens with one attached hydrogen (secondary N) is 1. The Morgan fingerprint density at radius 2 is 1.86 bits per heavy atom. The maximum Gasteiger partial charge on any atom is 0.418 e. The zero-order chi connectivity index (χ0) is 24.6. The van der Waals surface area contributed by atoms with Gasteiger partial charge in [-0.3, -0.25) is 14.9 Å². The summed E-state index contributed by atoms with van der Waals surface area (Å²) in [5.41, 5.74) is 5.97. The Labute approximate surface area is 204 Å². The van der Waals surface area contributed by atoms with E-state index in [2.05, 4.69) is 56.4 Å². The molecular weight excluding hydrogens is 438 g/mol. The summed E-state index contributed by atoms with van der Waals surface area (Å²) < 4.78 is 7.57. The average Bonchev–Trinajstić information content (AvgIpc) is 3.03. The first kappa shape index (κ1) is 22.4. The average molecular weight is 466 g/mol. The minimum absolute atomic E-state index is 0.431. The van der Waals surface area contributed by atoms with Gasteiger partial charge in [0.15, 0.2) is 0 Å². The highest BCUT2D eigenvalue weighted by molar-refractivity contribution is 5.97. The molecule has 176 valence electrons. The first-order valence-electron chi connectivity index (χ1n) is 11.4. The molecule has 0 bridgehead atoms. The molecule has 0 atom stereocenters. The molecule has 0 saturated carbocycles. The van der Waals surface area contributed by atoms with Crippen LogP contribution in [0.2, 0.25) is 0 Å². The van der Waals surface area contributed by atoms with Gasteiger partial charge in [0.1, 0.15) is 5.60 Å². The Morgan fingerprint density at radius 1 is 1.03 bits per heavy atom. The zero-order valence-corrected chi connectivity index (χ0v) is 20.2. The Kier molecular flexibility index (Phi) is 5.61. The molecule has 1 aliphatic rings. The van der Waals surface area contributed by atoms with E-state index in [-0.39, 0.29) is 0 Å². The van der Waals surface area contributed by atoms with Crippen LogP contribution in [0.3, 0.4) is 0 Å². The molecule has 35 heavy (non-hydrogen) atoms. The van der Waals surface area contributed by atoms with Crippen molar-refractivity contribution in [2.24, 2.45) is 7.05 Å². The molecule has 0 fully saturated rings. The molecule has 0 saturated heterocycles. The molecule has 7 nitrogen and oxygen atoms in total. The zero-order valence-electron chi connectivity index (χ0n) is 20.2. The Morgan fingerprint density at radius 3 is 2.69 bits per heavy atom. The quantitative estimate of drug-likeness (QED) is 0.381. The summed E-state index contributed by atoms with van der Waals surface area (Å²) in [7, 11) is 2.04. The van der Waals surface area contributed by atoms with Crippen LogP contribution in [0.15, 0.2) is 91.3 Å². The number of hydrogen-bond donors (Lipinski definition) is 1. The number of nitrogens with zero attached hydrogens (tertiary/aromatic N) is 4. The van der Waals surface area contributed by atoms with Crippen LogP contribution in [0.25, 0.3) is 33.1 Å². The van der Waals surface area contributed by atoms with E-state index < -0.39 is 11.7 Å². The molecule has 3 heterocycles. The van der Waals surface area contributed by atoms with Crippen LogP contribution < -0.4 is 5.32 Å². The van der Waals surface area contributed by atoms with Gasteiger partial charge in [-0.05, 0) is 74.2 Å². The molecule has 0 aliphatic carbocycles. The lowest BCUT2D eigenvalue weighted by atomic mass is 10.0. The highest BCUT2D eigenvalue weighted by Gasteiger charge is 2.20. The molecule has 0 unspecified atom stereocenters. The molecule has 0 radical (unpaired) electrons. The van der Waals surface area contributed by atoms with Crippen LogP contribution in [0, 0.1) is 0 Å². The van der Waals surface area contributed by atoms with Gasteiger partial charge < -0.3 is 14.6 Å². The number of ether oxygens (including phenoxy) is 1. The predicted octanol–water partition coefficient (Wildman–Crippen LogP) is 6.36. The minimum Gasteiger partial charge on any atom is -0.443 e. The van der Waals surface area contributed by atoms with Gasteiger partial charge in [-0.2, -0.15) is 0 Å². The third kappa shape index (κ3) is 4.80. The molecule has 1 N–H and O–H groups in total. The van der Waals surface area contributed by atoms with Crippen molar-refractivity contribution >= 4 is 33.7 Å². The van der Waals surface area contributed by atoms with Crippen molar-refractivity contribution in [3.05, 3.63) is 91.3 Å². The number of carbonyl (C=O) groups excluding carboxylic acids is 1. The number of rotatable bonds is 3. The second kappa shape index (κ2) is 8.76. The normalized spacial score (nSPS) is 13.7. The van der Waals surface area contributed by atoms with Crippen molar-refractivity contribution in [2.45, 2.75) is 26.4 Å². The monoisotopic (exact) mass is 465 g/mol. The number of aryl methyl sites for hydroxylation is 1. The fourth-order valence-corrected chi connectivity index (χ4v) is 3.99. The van der Waals surface area contributed by atoms with Gasteiger partial charge in [-0.25, -0.2) is 4.79 Å². The summed E-state index contributed by atoms with van der Waals surface area (Å²) >= 11 is 0. The fourth-order valence-electron chi connectivity index (χ4n) is 3.99. The minimum atomic E-state index is -0.565. The van der Waals surface area contributed by atoms with E-state index >= 15 is 0 Å². The third-order valence-electron chi connectivity index (χ3n) is 5.60. The van der Waals surface area contributed by atoms with Crippen LogP contribution >= 0.6 is 0 Å². The molecule has 2 aromatic carbocycles. The molecule has 1 amide bonds. The summed E-state index contributed by atoms with van der Waals surface area (Å²) in [6.45, 7) is 5.53. The van der Waals surface area contributed by atoms with Gasteiger partial charge in [0, 0.05) is 60.5 Å². The van der Waals surface area contributed by atoms with E-state index in [1.54, 1.807) is 30.9 Å². The highest BCUT2D eigenvalue weighted by Crippen LogP contribution is 2.32. The lowest BCUT2D eigenvalue weighted by molar-refractivity contribution is 0.0400. The number of hydrogen-bond acceptors (Lipinski definition) is 5. The maximum atomic E-state index is 12.4. The smallest absolute Gasteiger partial charge is 0.418 e. The van der Waals surface area contributed by atoms with Gasteiger partial charge in [-0.15, -0.1) is 0 Å². The Hall–Kier alpha value is -4.39. The van der Waals surface area contributed by atoms with Gasteiger partial charge in [0.25, 0.3) is 0 Å². The van der Waals surface area contributed by atoms with Crippen molar-refractivity contribution in [1.29, 1.82) is 0 Å². The van der Waals surface area contributed by atoms with Crippen LogP contribution in [0.4, 0.5) is 10.5 Å². The summed E-state index contributed by atoms with van der Waals surface area (Å²) in [5, 5.41) is 4.64. The number of carbonyl (C=O) groups is 1. The van der Waals surface area contributed by atoms with Crippen molar-refractivity contribution in [3.8, 4) is 11.1 Å². The van der Waals surface area contributed by atoms with Gasteiger partial charge >= 0.3 is 6.09 Å². The van der Waals surface area contributed by atoms with Gasteiger partial charge in [0.05, 0.1) is 11.0 Å². The van der Waals surface area contributed by atoms with Crippen molar-refractivity contribution < 1.29 is 9.53 Å².